The first-order valence-corrected chi connectivity index (χ1v) is 9.53. The molecule has 2 aromatic carbocycles. The van der Waals surface area contributed by atoms with Crippen molar-refractivity contribution in [3.8, 4) is 5.75 Å². The lowest BCUT2D eigenvalue weighted by atomic mass is 9.88. The van der Waals surface area contributed by atoms with Gasteiger partial charge in [-0.25, -0.2) is 9.86 Å². The number of hydrogen-bond acceptors (Lipinski definition) is 4. The number of carbonyl (C=O) groups is 1. The first kappa shape index (κ1) is 20.4. The molecule has 1 atom stereocenters. The van der Waals surface area contributed by atoms with Crippen molar-refractivity contribution in [1.29, 1.82) is 0 Å². The molecule has 0 spiro atoms. The maximum Gasteiger partial charge on any atom is 0.345 e. The monoisotopic (exact) mass is 391 g/mol. The van der Waals surface area contributed by atoms with Crippen molar-refractivity contribution in [2.24, 2.45) is 0 Å². The molecule has 0 fully saturated rings. The van der Waals surface area contributed by atoms with Crippen LogP contribution in [0.1, 0.15) is 29.9 Å². The van der Waals surface area contributed by atoms with E-state index in [1.54, 1.807) is 37.6 Å². The fourth-order valence-electron chi connectivity index (χ4n) is 3.23. The summed E-state index contributed by atoms with van der Waals surface area (Å²) in [5.41, 5.74) is 2.86. The van der Waals surface area contributed by atoms with Gasteiger partial charge >= 0.3 is 6.03 Å². The number of hydrogen-bond donors (Lipinski definition) is 2. The number of amides is 2. The van der Waals surface area contributed by atoms with E-state index in [-0.39, 0.29) is 12.5 Å². The number of urea groups is 1. The van der Waals surface area contributed by atoms with Crippen LogP contribution in [-0.4, -0.2) is 34.9 Å². The Morgan fingerprint density at radius 1 is 1.10 bits per heavy atom. The summed E-state index contributed by atoms with van der Waals surface area (Å²) < 4.78 is 5.14. The smallest absolute Gasteiger partial charge is 0.345 e. The lowest BCUT2D eigenvalue weighted by Crippen LogP contribution is -2.32. The van der Waals surface area contributed by atoms with Crippen molar-refractivity contribution in [3.05, 3.63) is 90.3 Å². The van der Waals surface area contributed by atoms with E-state index in [2.05, 4.69) is 28.5 Å². The largest absolute Gasteiger partial charge is 0.497 e. The number of aromatic nitrogens is 1. The van der Waals surface area contributed by atoms with Crippen LogP contribution >= 0.6 is 0 Å². The molecule has 0 bridgehead atoms. The Balaban J connectivity index is 1.58. The van der Waals surface area contributed by atoms with Crippen LogP contribution < -0.4 is 10.1 Å². The zero-order chi connectivity index (χ0) is 20.5. The molecule has 3 aromatic rings. The molecule has 0 saturated heterocycles. The number of nitrogens with one attached hydrogen (secondary N) is 1. The molecule has 0 saturated carbocycles. The second kappa shape index (κ2) is 10.2. The summed E-state index contributed by atoms with van der Waals surface area (Å²) in [4.78, 5) is 16.5. The fourth-order valence-corrected chi connectivity index (χ4v) is 3.23. The predicted octanol–water partition coefficient (Wildman–Crippen LogP) is 4.93. The Bertz CT molecular complexity index is 864. The van der Waals surface area contributed by atoms with Crippen LogP contribution in [0.25, 0.3) is 0 Å². The van der Waals surface area contributed by atoms with Crippen LogP contribution in [0, 0.1) is 0 Å². The minimum absolute atomic E-state index is 0.153. The summed E-state index contributed by atoms with van der Waals surface area (Å²) in [5, 5.41) is 13.5. The average Bonchev–Trinajstić information content (AvgIpc) is 2.78. The predicted molar refractivity (Wildman–Crippen MR) is 112 cm³/mol. The normalized spacial score (nSPS) is 11.5. The van der Waals surface area contributed by atoms with Crippen LogP contribution in [-0.2, 0) is 0 Å². The molecular weight excluding hydrogens is 366 g/mol. The van der Waals surface area contributed by atoms with E-state index in [0.717, 1.165) is 12.0 Å². The summed E-state index contributed by atoms with van der Waals surface area (Å²) in [5.74, 6) is 0.786. The molecule has 0 aliphatic carbocycles. The number of ether oxygens (including phenoxy) is 1. The highest BCUT2D eigenvalue weighted by Gasteiger charge is 2.16. The number of benzene rings is 2. The molecule has 6 nitrogen and oxygen atoms in total. The summed E-state index contributed by atoms with van der Waals surface area (Å²) in [6.45, 7) is 0.222. The van der Waals surface area contributed by atoms with Crippen molar-refractivity contribution < 1.29 is 14.7 Å². The number of methoxy groups -OCH3 is 1. The van der Waals surface area contributed by atoms with Gasteiger partial charge in [-0.3, -0.25) is 10.2 Å². The molecule has 2 N–H and O–H groups in total. The van der Waals surface area contributed by atoms with Gasteiger partial charge in [0.25, 0.3) is 0 Å². The standard InChI is InChI=1S/C23H25N3O3/c1-29-21-12-5-11-20(16-21)25-23(27)26(28)15-7-13-22(18-8-3-2-4-9-18)19-10-6-14-24-17-19/h2-6,8-12,14,16-17,22,28H,7,13,15H2,1H3,(H,25,27). The Kier molecular flexibility index (Phi) is 7.19. The first-order valence-electron chi connectivity index (χ1n) is 9.53. The number of hydroxylamine groups is 2. The van der Waals surface area contributed by atoms with E-state index in [1.165, 1.54) is 5.56 Å². The molecule has 2 amide bonds. The van der Waals surface area contributed by atoms with Gasteiger partial charge in [0.2, 0.25) is 0 Å². The van der Waals surface area contributed by atoms with Crippen molar-refractivity contribution in [1.82, 2.24) is 10.0 Å². The van der Waals surface area contributed by atoms with E-state index in [4.69, 9.17) is 4.74 Å². The number of anilines is 1. The van der Waals surface area contributed by atoms with Gasteiger partial charge in [-0.15, -0.1) is 0 Å². The zero-order valence-corrected chi connectivity index (χ0v) is 16.4. The van der Waals surface area contributed by atoms with Crippen LogP contribution in [0.15, 0.2) is 79.1 Å². The summed E-state index contributed by atoms with van der Waals surface area (Å²) in [6.07, 6.45) is 5.03. The van der Waals surface area contributed by atoms with E-state index >= 15 is 0 Å². The minimum Gasteiger partial charge on any atom is -0.497 e. The molecule has 0 aliphatic rings. The van der Waals surface area contributed by atoms with Crippen LogP contribution in [0.2, 0.25) is 0 Å². The molecule has 6 heteroatoms. The third-order valence-corrected chi connectivity index (χ3v) is 4.71. The SMILES string of the molecule is COc1cccc(NC(=O)N(O)CCCC(c2ccccc2)c2cccnc2)c1. The van der Waals surface area contributed by atoms with Crippen molar-refractivity contribution in [2.45, 2.75) is 18.8 Å². The molecule has 0 aliphatic heterocycles. The summed E-state index contributed by atoms with van der Waals surface area (Å²) >= 11 is 0. The number of carbonyl (C=O) groups excluding carboxylic acids is 1. The van der Waals surface area contributed by atoms with E-state index < -0.39 is 6.03 Å². The van der Waals surface area contributed by atoms with E-state index in [9.17, 15) is 10.0 Å². The molecule has 1 unspecified atom stereocenters. The molecule has 1 heterocycles. The molecule has 150 valence electrons. The van der Waals surface area contributed by atoms with Crippen molar-refractivity contribution in [3.63, 3.8) is 0 Å². The highest BCUT2D eigenvalue weighted by molar-refractivity contribution is 5.88. The van der Waals surface area contributed by atoms with Gasteiger partial charge in [0.05, 0.1) is 13.7 Å². The van der Waals surface area contributed by atoms with Gasteiger partial charge in [-0.05, 0) is 42.2 Å². The molecule has 0 radical (unpaired) electrons. The van der Waals surface area contributed by atoms with Crippen LogP contribution in [0.5, 0.6) is 5.75 Å². The summed E-state index contributed by atoms with van der Waals surface area (Å²) in [6, 6.07) is 20.6. The van der Waals surface area contributed by atoms with E-state index in [1.807, 2.05) is 30.5 Å². The Hall–Kier alpha value is -3.38. The van der Waals surface area contributed by atoms with Gasteiger partial charge in [0.1, 0.15) is 5.75 Å². The van der Waals surface area contributed by atoms with Gasteiger partial charge < -0.3 is 10.1 Å². The highest BCUT2D eigenvalue weighted by atomic mass is 16.5. The average molecular weight is 391 g/mol. The van der Waals surface area contributed by atoms with Gasteiger partial charge in [0.15, 0.2) is 0 Å². The van der Waals surface area contributed by atoms with Crippen LogP contribution in [0.3, 0.4) is 0 Å². The maximum atomic E-state index is 12.2. The van der Waals surface area contributed by atoms with Gasteiger partial charge in [0, 0.05) is 30.1 Å². The lowest BCUT2D eigenvalue weighted by Gasteiger charge is -2.20. The Labute approximate surface area is 170 Å². The molecule has 3 rings (SSSR count). The first-order chi connectivity index (χ1) is 14.2. The summed E-state index contributed by atoms with van der Waals surface area (Å²) in [7, 11) is 1.56. The second-order valence-corrected chi connectivity index (χ2v) is 6.68. The topological polar surface area (TPSA) is 74.7 Å². The van der Waals surface area contributed by atoms with Crippen molar-refractivity contribution >= 4 is 11.7 Å². The molecule has 1 aromatic heterocycles. The quantitative estimate of drug-likeness (QED) is 0.422. The lowest BCUT2D eigenvalue weighted by molar-refractivity contribution is -0.0383. The maximum absolute atomic E-state index is 12.2. The Morgan fingerprint density at radius 2 is 1.90 bits per heavy atom. The van der Waals surface area contributed by atoms with E-state index in [0.29, 0.717) is 22.9 Å². The van der Waals surface area contributed by atoms with Crippen LogP contribution in [0.4, 0.5) is 10.5 Å². The molecule has 29 heavy (non-hydrogen) atoms. The molecular formula is C23H25N3O3. The number of pyridine rings is 1. The zero-order valence-electron chi connectivity index (χ0n) is 16.4. The second-order valence-electron chi connectivity index (χ2n) is 6.68. The Morgan fingerprint density at radius 3 is 2.62 bits per heavy atom. The van der Waals surface area contributed by atoms with Gasteiger partial charge in [-0.2, -0.15) is 0 Å². The fraction of sp³-hybridized carbons (Fsp3) is 0.217. The third kappa shape index (κ3) is 5.80. The van der Waals surface area contributed by atoms with Crippen molar-refractivity contribution in [2.75, 3.05) is 19.0 Å². The highest BCUT2D eigenvalue weighted by Crippen LogP contribution is 2.28. The number of rotatable bonds is 8. The number of nitrogens with zero attached hydrogens (tertiary/aromatic N) is 2. The third-order valence-electron chi connectivity index (χ3n) is 4.71. The van der Waals surface area contributed by atoms with Gasteiger partial charge in [-0.1, -0.05) is 42.5 Å². The minimum atomic E-state index is -0.573.